The van der Waals surface area contributed by atoms with Gasteiger partial charge >= 0.3 is 6.09 Å². The van der Waals surface area contributed by atoms with Gasteiger partial charge in [0.1, 0.15) is 5.60 Å². The average molecular weight is 418 g/mol. The number of nitrogens with one attached hydrogen (secondary N) is 1. The smallest absolute Gasteiger partial charge is 0.428 e. The van der Waals surface area contributed by atoms with Crippen molar-refractivity contribution in [1.82, 2.24) is 9.99 Å². The fourth-order valence-corrected chi connectivity index (χ4v) is 3.12. The molecular formula is C21H21Cl2N3O2. The Balaban J connectivity index is 1.83. The van der Waals surface area contributed by atoms with Crippen molar-refractivity contribution in [1.29, 1.82) is 0 Å². The zero-order valence-corrected chi connectivity index (χ0v) is 17.4. The summed E-state index contributed by atoms with van der Waals surface area (Å²) >= 11 is 12.1. The van der Waals surface area contributed by atoms with Gasteiger partial charge in [-0.2, -0.15) is 5.10 Å². The van der Waals surface area contributed by atoms with Crippen LogP contribution in [0.25, 0.3) is 10.9 Å². The minimum Gasteiger partial charge on any atom is -0.443 e. The predicted octanol–water partition coefficient (Wildman–Crippen LogP) is 5.86. The number of benzene rings is 2. The standard InChI is InChI=1S/C21H21Cl2N3O2/c1-21(2,3)28-20(27)25-24-11-15-13-26(19-7-5-4-6-16(15)19)12-14-8-9-17(22)18(23)10-14/h4-11,13H,12H2,1-3H3,(H,25,27)/b24-11-. The van der Waals surface area contributed by atoms with Crippen LogP contribution in [-0.4, -0.2) is 22.5 Å². The maximum Gasteiger partial charge on any atom is 0.428 e. The summed E-state index contributed by atoms with van der Waals surface area (Å²) in [5.74, 6) is 0. The molecular weight excluding hydrogens is 397 g/mol. The zero-order valence-electron chi connectivity index (χ0n) is 15.9. The summed E-state index contributed by atoms with van der Waals surface area (Å²) in [5, 5.41) is 6.10. The number of carbonyl (C=O) groups is 1. The number of ether oxygens (including phenoxy) is 1. The lowest BCUT2D eigenvalue weighted by molar-refractivity contribution is 0.0529. The van der Waals surface area contributed by atoms with Gasteiger partial charge in [-0.25, -0.2) is 10.2 Å². The molecule has 3 rings (SSSR count). The van der Waals surface area contributed by atoms with Crippen LogP contribution in [0.15, 0.2) is 53.8 Å². The van der Waals surface area contributed by atoms with E-state index in [0.717, 1.165) is 22.0 Å². The van der Waals surface area contributed by atoms with Gasteiger partial charge in [0.15, 0.2) is 0 Å². The van der Waals surface area contributed by atoms with E-state index >= 15 is 0 Å². The van der Waals surface area contributed by atoms with Gasteiger partial charge in [-0.15, -0.1) is 0 Å². The van der Waals surface area contributed by atoms with Crippen LogP contribution in [0.5, 0.6) is 0 Å². The summed E-state index contributed by atoms with van der Waals surface area (Å²) in [4.78, 5) is 11.7. The number of para-hydroxylation sites is 1. The molecule has 1 aromatic heterocycles. The van der Waals surface area contributed by atoms with E-state index in [2.05, 4.69) is 15.1 Å². The fourth-order valence-electron chi connectivity index (χ4n) is 2.80. The molecule has 146 valence electrons. The van der Waals surface area contributed by atoms with Gasteiger partial charge in [0.2, 0.25) is 0 Å². The Morgan fingerprint density at radius 3 is 2.64 bits per heavy atom. The van der Waals surface area contributed by atoms with Gasteiger partial charge in [0.05, 0.1) is 16.3 Å². The molecule has 2 aromatic carbocycles. The molecule has 0 radical (unpaired) electrons. The highest BCUT2D eigenvalue weighted by Gasteiger charge is 2.15. The molecule has 0 aliphatic carbocycles. The van der Waals surface area contributed by atoms with Crippen LogP contribution in [0, 0.1) is 0 Å². The van der Waals surface area contributed by atoms with Crippen LogP contribution in [0.3, 0.4) is 0 Å². The van der Waals surface area contributed by atoms with E-state index in [0.29, 0.717) is 16.6 Å². The minimum atomic E-state index is -0.594. The van der Waals surface area contributed by atoms with Crippen molar-refractivity contribution in [2.24, 2.45) is 5.10 Å². The summed E-state index contributed by atoms with van der Waals surface area (Å²) < 4.78 is 7.28. The number of carbonyl (C=O) groups excluding carboxylic acids is 1. The van der Waals surface area contributed by atoms with E-state index in [9.17, 15) is 4.79 Å². The van der Waals surface area contributed by atoms with Crippen molar-refractivity contribution < 1.29 is 9.53 Å². The highest BCUT2D eigenvalue weighted by atomic mass is 35.5. The molecule has 3 aromatic rings. The van der Waals surface area contributed by atoms with Gasteiger partial charge in [-0.3, -0.25) is 0 Å². The second-order valence-corrected chi connectivity index (χ2v) is 8.16. The fraction of sp³-hybridized carbons (Fsp3) is 0.238. The number of hydrogen-bond donors (Lipinski definition) is 1. The molecule has 1 heterocycles. The highest BCUT2D eigenvalue weighted by Crippen LogP contribution is 2.25. The Labute approximate surface area is 173 Å². The number of aromatic nitrogens is 1. The lowest BCUT2D eigenvalue weighted by Crippen LogP contribution is -2.29. The van der Waals surface area contributed by atoms with Crippen molar-refractivity contribution in [3.05, 3.63) is 69.8 Å². The van der Waals surface area contributed by atoms with Crippen molar-refractivity contribution in [2.45, 2.75) is 32.9 Å². The highest BCUT2D eigenvalue weighted by molar-refractivity contribution is 6.42. The molecule has 0 saturated heterocycles. The second kappa shape index (κ2) is 8.25. The first kappa shape index (κ1) is 20.2. The Bertz CT molecular complexity index is 1040. The molecule has 0 saturated carbocycles. The van der Waals surface area contributed by atoms with E-state index in [4.69, 9.17) is 27.9 Å². The molecule has 7 heteroatoms. The van der Waals surface area contributed by atoms with E-state index in [1.807, 2.05) is 42.6 Å². The lowest BCUT2D eigenvalue weighted by Gasteiger charge is -2.18. The number of halogens is 2. The largest absolute Gasteiger partial charge is 0.443 e. The molecule has 0 aliphatic heterocycles. The number of hydrogen-bond acceptors (Lipinski definition) is 3. The van der Waals surface area contributed by atoms with E-state index in [1.165, 1.54) is 0 Å². The normalized spacial score (nSPS) is 11.9. The first-order valence-corrected chi connectivity index (χ1v) is 9.52. The Morgan fingerprint density at radius 1 is 1.18 bits per heavy atom. The maximum absolute atomic E-state index is 11.7. The molecule has 0 spiro atoms. The third kappa shape index (κ3) is 5.06. The van der Waals surface area contributed by atoms with E-state index in [-0.39, 0.29) is 0 Å². The van der Waals surface area contributed by atoms with Crippen LogP contribution < -0.4 is 5.43 Å². The third-order valence-corrected chi connectivity index (χ3v) is 4.65. The molecule has 1 N–H and O–H groups in total. The van der Waals surface area contributed by atoms with Gasteiger partial charge in [-0.05, 0) is 44.5 Å². The quantitative estimate of drug-likeness (QED) is 0.427. The molecule has 0 atom stereocenters. The Hall–Kier alpha value is -2.50. The average Bonchev–Trinajstić information content (AvgIpc) is 2.95. The summed E-state index contributed by atoms with van der Waals surface area (Å²) in [7, 11) is 0. The van der Waals surface area contributed by atoms with Crippen LogP contribution in [0.4, 0.5) is 4.79 Å². The molecule has 1 amide bonds. The second-order valence-electron chi connectivity index (χ2n) is 7.35. The monoisotopic (exact) mass is 417 g/mol. The zero-order chi connectivity index (χ0) is 20.3. The van der Waals surface area contributed by atoms with Gasteiger partial charge in [0.25, 0.3) is 0 Å². The number of amides is 1. The summed E-state index contributed by atoms with van der Waals surface area (Å²) in [6, 6.07) is 13.6. The first-order valence-electron chi connectivity index (χ1n) is 8.77. The number of hydrazone groups is 1. The van der Waals surface area contributed by atoms with Crippen LogP contribution >= 0.6 is 23.2 Å². The summed E-state index contributed by atoms with van der Waals surface area (Å²) in [6.07, 6.45) is 2.99. The molecule has 5 nitrogen and oxygen atoms in total. The topological polar surface area (TPSA) is 55.6 Å². The van der Waals surface area contributed by atoms with Crippen LogP contribution in [0.2, 0.25) is 10.0 Å². The third-order valence-electron chi connectivity index (χ3n) is 3.91. The Morgan fingerprint density at radius 2 is 1.93 bits per heavy atom. The molecule has 28 heavy (non-hydrogen) atoms. The number of rotatable bonds is 4. The van der Waals surface area contributed by atoms with Gasteiger partial charge in [-0.1, -0.05) is 47.5 Å². The minimum absolute atomic E-state index is 0.527. The van der Waals surface area contributed by atoms with Crippen molar-refractivity contribution in [3.63, 3.8) is 0 Å². The van der Waals surface area contributed by atoms with E-state index < -0.39 is 11.7 Å². The summed E-state index contributed by atoms with van der Waals surface area (Å²) in [6.45, 7) is 6.03. The molecule has 0 aliphatic rings. The SMILES string of the molecule is CC(C)(C)OC(=O)N/N=C\c1cn(Cc2ccc(Cl)c(Cl)c2)c2ccccc12. The van der Waals surface area contributed by atoms with Gasteiger partial charge in [0, 0.05) is 29.2 Å². The number of fused-ring (bicyclic) bond motifs is 1. The molecule has 0 bridgehead atoms. The number of nitrogens with zero attached hydrogens (tertiary/aromatic N) is 2. The van der Waals surface area contributed by atoms with Crippen LogP contribution in [-0.2, 0) is 11.3 Å². The summed E-state index contributed by atoms with van der Waals surface area (Å²) in [5.41, 5.74) is 4.78. The first-order chi connectivity index (χ1) is 13.2. The lowest BCUT2D eigenvalue weighted by atomic mass is 10.2. The maximum atomic E-state index is 11.7. The van der Waals surface area contributed by atoms with Gasteiger partial charge < -0.3 is 9.30 Å². The molecule has 0 unspecified atom stereocenters. The predicted molar refractivity (Wildman–Crippen MR) is 114 cm³/mol. The van der Waals surface area contributed by atoms with Crippen molar-refractivity contribution in [3.8, 4) is 0 Å². The Kier molecular flexibility index (Phi) is 5.96. The van der Waals surface area contributed by atoms with E-state index in [1.54, 1.807) is 33.1 Å². The van der Waals surface area contributed by atoms with Crippen molar-refractivity contribution in [2.75, 3.05) is 0 Å². The molecule has 0 fully saturated rings. The van der Waals surface area contributed by atoms with Crippen molar-refractivity contribution >= 4 is 46.4 Å². The van der Waals surface area contributed by atoms with Crippen LogP contribution in [0.1, 0.15) is 31.9 Å².